The molecule has 1 aromatic carbocycles. The fraction of sp³-hybridized carbons (Fsp3) is 0.467. The molecule has 18 heavy (non-hydrogen) atoms. The number of H-pyrrole nitrogens is 1. The van der Waals surface area contributed by atoms with Gasteiger partial charge in [0.25, 0.3) is 0 Å². The van der Waals surface area contributed by atoms with Crippen molar-refractivity contribution in [2.45, 2.75) is 25.8 Å². The Morgan fingerprint density at radius 2 is 2.17 bits per heavy atom. The second kappa shape index (κ2) is 6.03. The van der Waals surface area contributed by atoms with Crippen LogP contribution in [0.1, 0.15) is 19.0 Å². The first-order valence-corrected chi connectivity index (χ1v) is 6.69. The van der Waals surface area contributed by atoms with Crippen molar-refractivity contribution in [3.8, 4) is 0 Å². The Balaban J connectivity index is 0.000000149. The molecule has 1 saturated heterocycles. The smallest absolute Gasteiger partial charge is 0.0456 e. The van der Waals surface area contributed by atoms with Crippen LogP contribution in [-0.4, -0.2) is 36.1 Å². The largest absolute Gasteiger partial charge is 0.358 e. The molecule has 0 saturated carbocycles. The molecule has 1 unspecified atom stereocenters. The van der Waals surface area contributed by atoms with Crippen LogP contribution in [0.25, 0.3) is 10.9 Å². The Labute approximate surface area is 109 Å². The monoisotopic (exact) mass is 245 g/mol. The van der Waals surface area contributed by atoms with Gasteiger partial charge in [-0.05, 0) is 44.0 Å². The van der Waals surface area contributed by atoms with E-state index in [4.69, 9.17) is 5.73 Å². The van der Waals surface area contributed by atoms with Crippen molar-refractivity contribution >= 4 is 10.9 Å². The van der Waals surface area contributed by atoms with E-state index in [0.717, 1.165) is 13.0 Å². The number of fused-ring (bicyclic) bond motifs is 1. The molecular formula is C15H23N3. The first kappa shape index (κ1) is 13.1. The minimum atomic E-state index is 0.449. The predicted molar refractivity (Wildman–Crippen MR) is 77.8 cm³/mol. The van der Waals surface area contributed by atoms with E-state index in [1.165, 1.54) is 29.6 Å². The lowest BCUT2D eigenvalue weighted by Gasteiger charge is -2.03. The molecule has 0 aliphatic carbocycles. The Morgan fingerprint density at radius 1 is 1.39 bits per heavy atom. The normalized spacial score (nSPS) is 19.8. The van der Waals surface area contributed by atoms with Gasteiger partial charge in [0.2, 0.25) is 0 Å². The van der Waals surface area contributed by atoms with Crippen LogP contribution < -0.4 is 5.73 Å². The highest BCUT2D eigenvalue weighted by Crippen LogP contribution is 2.14. The second-order valence-corrected chi connectivity index (χ2v) is 5.05. The lowest BCUT2D eigenvalue weighted by Crippen LogP contribution is -2.23. The summed E-state index contributed by atoms with van der Waals surface area (Å²) in [5.41, 5.74) is 8.13. The number of para-hydroxylation sites is 1. The molecule has 1 aliphatic heterocycles. The number of rotatable bonds is 1. The topological polar surface area (TPSA) is 45.0 Å². The van der Waals surface area contributed by atoms with Crippen molar-refractivity contribution < 1.29 is 0 Å². The summed E-state index contributed by atoms with van der Waals surface area (Å²) in [5.74, 6) is 0. The van der Waals surface area contributed by atoms with E-state index in [1.54, 1.807) is 0 Å². The molecule has 3 N–H and O–H groups in total. The third-order valence-corrected chi connectivity index (χ3v) is 3.39. The lowest BCUT2D eigenvalue weighted by atomic mass is 10.2. The van der Waals surface area contributed by atoms with Crippen LogP contribution in [0.3, 0.4) is 0 Å². The van der Waals surface area contributed by atoms with Gasteiger partial charge >= 0.3 is 0 Å². The SMILES string of the molecule is CCc1cc2ccccc2[nH]1.CN1CCC(N)C1. The summed E-state index contributed by atoms with van der Waals surface area (Å²) in [6.45, 7) is 4.42. The number of benzene rings is 1. The van der Waals surface area contributed by atoms with Crippen LogP contribution in [0, 0.1) is 0 Å². The molecule has 0 radical (unpaired) electrons. The molecule has 1 aromatic heterocycles. The zero-order chi connectivity index (χ0) is 13.0. The number of nitrogens with one attached hydrogen (secondary N) is 1. The van der Waals surface area contributed by atoms with Crippen molar-refractivity contribution in [1.29, 1.82) is 0 Å². The second-order valence-electron chi connectivity index (χ2n) is 5.05. The Bertz CT molecular complexity index is 448. The van der Waals surface area contributed by atoms with E-state index in [1.807, 2.05) is 0 Å². The van der Waals surface area contributed by atoms with Crippen molar-refractivity contribution in [2.75, 3.05) is 20.1 Å². The van der Waals surface area contributed by atoms with Crippen molar-refractivity contribution in [2.24, 2.45) is 5.73 Å². The molecule has 1 fully saturated rings. The zero-order valence-corrected chi connectivity index (χ0v) is 11.3. The molecule has 2 heterocycles. The predicted octanol–water partition coefficient (Wildman–Crippen LogP) is 2.38. The summed E-state index contributed by atoms with van der Waals surface area (Å²) in [6, 6.07) is 11.0. The number of aryl methyl sites for hydroxylation is 1. The number of nitrogens with zero attached hydrogens (tertiary/aromatic N) is 1. The Kier molecular flexibility index (Phi) is 4.39. The third kappa shape index (κ3) is 3.34. The first-order chi connectivity index (χ1) is 8.69. The van der Waals surface area contributed by atoms with Crippen LogP contribution in [0.2, 0.25) is 0 Å². The minimum absolute atomic E-state index is 0.449. The number of aromatic amines is 1. The zero-order valence-electron chi connectivity index (χ0n) is 11.3. The third-order valence-electron chi connectivity index (χ3n) is 3.39. The van der Waals surface area contributed by atoms with Gasteiger partial charge in [-0.1, -0.05) is 25.1 Å². The highest BCUT2D eigenvalue weighted by Gasteiger charge is 2.13. The fourth-order valence-electron chi connectivity index (χ4n) is 2.29. The van der Waals surface area contributed by atoms with E-state index in [2.05, 4.69) is 54.2 Å². The quantitative estimate of drug-likeness (QED) is 0.810. The highest BCUT2D eigenvalue weighted by molar-refractivity contribution is 5.80. The summed E-state index contributed by atoms with van der Waals surface area (Å²) < 4.78 is 0. The fourth-order valence-corrected chi connectivity index (χ4v) is 2.29. The lowest BCUT2D eigenvalue weighted by molar-refractivity contribution is 0.411. The molecule has 1 aliphatic rings. The Morgan fingerprint density at radius 3 is 2.67 bits per heavy atom. The van der Waals surface area contributed by atoms with Gasteiger partial charge < -0.3 is 15.6 Å². The number of likely N-dealkylation sites (N-methyl/N-ethyl adjacent to an activating group) is 1. The molecule has 0 bridgehead atoms. The highest BCUT2D eigenvalue weighted by atomic mass is 15.1. The average molecular weight is 245 g/mol. The average Bonchev–Trinajstić information content (AvgIpc) is 2.95. The molecule has 3 rings (SSSR count). The standard InChI is InChI=1S/C10H11N.C5H12N2/c1-2-9-7-8-5-3-4-6-10(8)11-9;1-7-3-2-5(6)4-7/h3-7,11H,2H2,1H3;5H,2-4,6H2,1H3. The number of aromatic nitrogens is 1. The maximum atomic E-state index is 5.58. The summed E-state index contributed by atoms with van der Waals surface area (Å²) in [6.07, 6.45) is 2.26. The number of nitrogens with two attached hydrogens (primary N) is 1. The Hall–Kier alpha value is -1.32. The van der Waals surface area contributed by atoms with Crippen LogP contribution >= 0.6 is 0 Å². The van der Waals surface area contributed by atoms with Gasteiger partial charge in [-0.25, -0.2) is 0 Å². The summed E-state index contributed by atoms with van der Waals surface area (Å²) >= 11 is 0. The summed E-state index contributed by atoms with van der Waals surface area (Å²) in [7, 11) is 2.10. The van der Waals surface area contributed by atoms with Gasteiger partial charge in [0.1, 0.15) is 0 Å². The molecule has 3 nitrogen and oxygen atoms in total. The van der Waals surface area contributed by atoms with Gasteiger partial charge in [-0.15, -0.1) is 0 Å². The summed E-state index contributed by atoms with van der Waals surface area (Å²) in [4.78, 5) is 5.60. The van der Waals surface area contributed by atoms with Crippen molar-refractivity contribution in [1.82, 2.24) is 9.88 Å². The van der Waals surface area contributed by atoms with E-state index in [-0.39, 0.29) is 0 Å². The van der Waals surface area contributed by atoms with Crippen LogP contribution in [0.15, 0.2) is 30.3 Å². The van der Waals surface area contributed by atoms with Crippen molar-refractivity contribution in [3.63, 3.8) is 0 Å². The van der Waals surface area contributed by atoms with E-state index in [0.29, 0.717) is 6.04 Å². The van der Waals surface area contributed by atoms with E-state index < -0.39 is 0 Å². The van der Waals surface area contributed by atoms with E-state index >= 15 is 0 Å². The molecule has 2 aromatic rings. The maximum absolute atomic E-state index is 5.58. The number of hydrogen-bond donors (Lipinski definition) is 2. The number of likely N-dealkylation sites (tertiary alicyclic amines) is 1. The first-order valence-electron chi connectivity index (χ1n) is 6.69. The molecule has 3 heteroatoms. The van der Waals surface area contributed by atoms with Crippen LogP contribution in [0.5, 0.6) is 0 Å². The molecule has 0 spiro atoms. The van der Waals surface area contributed by atoms with E-state index in [9.17, 15) is 0 Å². The minimum Gasteiger partial charge on any atom is -0.358 e. The van der Waals surface area contributed by atoms with Gasteiger partial charge in [0, 0.05) is 23.8 Å². The molecule has 1 atom stereocenters. The molecule has 0 amide bonds. The van der Waals surface area contributed by atoms with Gasteiger partial charge in [-0.3, -0.25) is 0 Å². The van der Waals surface area contributed by atoms with Crippen LogP contribution in [0.4, 0.5) is 0 Å². The molecular weight excluding hydrogens is 222 g/mol. The maximum Gasteiger partial charge on any atom is 0.0456 e. The molecule has 98 valence electrons. The number of hydrogen-bond acceptors (Lipinski definition) is 2. The van der Waals surface area contributed by atoms with Gasteiger partial charge in [0.05, 0.1) is 0 Å². The summed E-state index contributed by atoms with van der Waals surface area (Å²) in [5, 5.41) is 1.31. The van der Waals surface area contributed by atoms with Crippen molar-refractivity contribution in [3.05, 3.63) is 36.0 Å². The van der Waals surface area contributed by atoms with Crippen LogP contribution in [-0.2, 0) is 6.42 Å². The van der Waals surface area contributed by atoms with Gasteiger partial charge in [-0.2, -0.15) is 0 Å². The van der Waals surface area contributed by atoms with Gasteiger partial charge in [0.15, 0.2) is 0 Å².